The summed E-state index contributed by atoms with van der Waals surface area (Å²) in [5.74, 6) is 0.210. The van der Waals surface area contributed by atoms with Crippen LogP contribution in [0.4, 0.5) is 11.4 Å². The van der Waals surface area contributed by atoms with Crippen LogP contribution in [0.15, 0.2) is 47.4 Å². The highest BCUT2D eigenvalue weighted by Gasteiger charge is 2.30. The first-order valence-corrected chi connectivity index (χ1v) is 10.1. The summed E-state index contributed by atoms with van der Waals surface area (Å²) >= 11 is 0. The minimum absolute atomic E-state index is 0. The molecule has 1 saturated carbocycles. The number of amides is 1. The van der Waals surface area contributed by atoms with E-state index in [2.05, 4.69) is 5.32 Å². The number of hydrogen-bond donors (Lipinski definition) is 2. The van der Waals surface area contributed by atoms with E-state index in [-0.39, 0.29) is 28.5 Å². The van der Waals surface area contributed by atoms with Gasteiger partial charge in [-0.25, -0.2) is 8.42 Å². The Hall–Kier alpha value is -2.25. The van der Waals surface area contributed by atoms with Gasteiger partial charge in [0.25, 0.3) is 5.91 Å². The van der Waals surface area contributed by atoms with E-state index >= 15 is 0 Å². The highest BCUT2D eigenvalue weighted by Crippen LogP contribution is 2.30. The van der Waals surface area contributed by atoms with Gasteiger partial charge >= 0.3 is 0 Å². The molecule has 1 fully saturated rings. The number of halogens is 1. The number of benzene rings is 2. The van der Waals surface area contributed by atoms with Crippen molar-refractivity contribution in [1.29, 1.82) is 0 Å². The molecule has 1 amide bonds. The van der Waals surface area contributed by atoms with Crippen LogP contribution >= 0.6 is 12.4 Å². The Labute approximate surface area is 165 Å². The fourth-order valence-electron chi connectivity index (χ4n) is 3.15. The van der Waals surface area contributed by atoms with Crippen LogP contribution in [0.5, 0.6) is 5.75 Å². The molecule has 0 unspecified atom stereocenters. The average molecular weight is 411 g/mol. The molecule has 0 saturated heterocycles. The van der Waals surface area contributed by atoms with Crippen LogP contribution in [0.25, 0.3) is 0 Å². The van der Waals surface area contributed by atoms with Gasteiger partial charge in [0.05, 0.1) is 28.6 Å². The zero-order valence-electron chi connectivity index (χ0n) is 15.0. The van der Waals surface area contributed by atoms with E-state index in [1.54, 1.807) is 18.2 Å². The van der Waals surface area contributed by atoms with Gasteiger partial charge in [-0.3, -0.25) is 4.79 Å². The summed E-state index contributed by atoms with van der Waals surface area (Å²) in [7, 11) is -1.80. The van der Waals surface area contributed by atoms with Crippen molar-refractivity contribution in [2.24, 2.45) is 0 Å². The highest BCUT2D eigenvalue weighted by molar-refractivity contribution is 7.92. The molecule has 3 N–H and O–H groups in total. The van der Waals surface area contributed by atoms with E-state index in [0.717, 1.165) is 12.8 Å². The summed E-state index contributed by atoms with van der Waals surface area (Å²) in [5.41, 5.74) is 7.09. The first-order chi connectivity index (χ1) is 12.4. The number of carbonyl (C=O) groups is 1. The quantitative estimate of drug-likeness (QED) is 0.733. The second-order valence-corrected chi connectivity index (χ2v) is 8.61. The number of hydrogen-bond acceptors (Lipinski definition) is 5. The minimum atomic E-state index is -3.32. The van der Waals surface area contributed by atoms with Gasteiger partial charge in [-0.05, 0) is 49.2 Å². The van der Waals surface area contributed by atoms with Crippen molar-refractivity contribution >= 4 is 39.5 Å². The second-order valence-electron chi connectivity index (χ2n) is 6.38. The first-order valence-electron chi connectivity index (χ1n) is 8.50. The average Bonchev–Trinajstić information content (AvgIpc) is 3.19. The Morgan fingerprint density at radius 1 is 1.11 bits per heavy atom. The molecule has 3 rings (SSSR count). The van der Waals surface area contributed by atoms with Gasteiger partial charge in [-0.15, -0.1) is 12.4 Å². The van der Waals surface area contributed by atoms with Crippen LogP contribution in [0.2, 0.25) is 0 Å². The SMILES string of the molecule is COc1ccc(N)c(NC(=O)c2ccc(S(=O)(=O)C3CCCC3)cc2)c1.Cl. The van der Waals surface area contributed by atoms with Crippen LogP contribution in [-0.2, 0) is 9.84 Å². The molecule has 0 aromatic heterocycles. The summed E-state index contributed by atoms with van der Waals surface area (Å²) in [6.45, 7) is 0. The van der Waals surface area contributed by atoms with Gasteiger partial charge < -0.3 is 15.8 Å². The number of rotatable bonds is 5. The molecule has 0 aliphatic heterocycles. The fourth-order valence-corrected chi connectivity index (χ4v) is 5.01. The van der Waals surface area contributed by atoms with Gasteiger partial charge in [-0.2, -0.15) is 0 Å². The van der Waals surface area contributed by atoms with Gasteiger partial charge in [0.1, 0.15) is 5.75 Å². The maximum absolute atomic E-state index is 12.6. The van der Waals surface area contributed by atoms with E-state index in [4.69, 9.17) is 10.5 Å². The molecule has 2 aromatic rings. The zero-order chi connectivity index (χ0) is 18.7. The maximum Gasteiger partial charge on any atom is 0.255 e. The van der Waals surface area contributed by atoms with Gasteiger partial charge in [-0.1, -0.05) is 12.8 Å². The van der Waals surface area contributed by atoms with Crippen molar-refractivity contribution in [1.82, 2.24) is 0 Å². The third-order valence-corrected chi connectivity index (χ3v) is 6.97. The van der Waals surface area contributed by atoms with Crippen molar-refractivity contribution in [3.63, 3.8) is 0 Å². The van der Waals surface area contributed by atoms with E-state index in [9.17, 15) is 13.2 Å². The number of nitrogens with one attached hydrogen (secondary N) is 1. The second kappa shape index (κ2) is 8.63. The molecule has 2 aromatic carbocycles. The Bertz CT molecular complexity index is 908. The Morgan fingerprint density at radius 3 is 2.33 bits per heavy atom. The molecule has 0 spiro atoms. The normalized spacial score (nSPS) is 14.4. The summed E-state index contributed by atoms with van der Waals surface area (Å²) in [4.78, 5) is 12.7. The van der Waals surface area contributed by atoms with Crippen molar-refractivity contribution in [2.45, 2.75) is 35.8 Å². The van der Waals surface area contributed by atoms with Crippen LogP contribution in [0.1, 0.15) is 36.0 Å². The molecule has 146 valence electrons. The largest absolute Gasteiger partial charge is 0.497 e. The van der Waals surface area contributed by atoms with Gasteiger partial charge in [0, 0.05) is 11.6 Å². The number of ether oxygens (including phenoxy) is 1. The van der Waals surface area contributed by atoms with Crippen molar-refractivity contribution in [3.05, 3.63) is 48.0 Å². The molecule has 1 aliphatic rings. The van der Waals surface area contributed by atoms with Gasteiger partial charge in [0.2, 0.25) is 0 Å². The zero-order valence-corrected chi connectivity index (χ0v) is 16.6. The number of nitrogens with two attached hydrogens (primary N) is 1. The number of anilines is 2. The lowest BCUT2D eigenvalue weighted by atomic mass is 10.2. The van der Waals surface area contributed by atoms with Gasteiger partial charge in [0.15, 0.2) is 9.84 Å². The third-order valence-electron chi connectivity index (χ3n) is 4.69. The predicted molar refractivity (Wildman–Crippen MR) is 108 cm³/mol. The predicted octanol–water partition coefficient (Wildman–Crippen LogP) is 3.67. The van der Waals surface area contributed by atoms with E-state index in [1.165, 1.54) is 31.4 Å². The van der Waals surface area contributed by atoms with Crippen molar-refractivity contribution in [2.75, 3.05) is 18.2 Å². The standard InChI is InChI=1S/C19H22N2O4S.ClH/c1-25-14-8-11-17(20)18(12-14)21-19(22)13-6-9-16(10-7-13)26(23,24)15-4-2-3-5-15;/h6-12,15H,2-5,20H2,1H3,(H,21,22);1H. The molecule has 8 heteroatoms. The van der Waals surface area contributed by atoms with E-state index < -0.39 is 9.84 Å². The summed E-state index contributed by atoms with van der Waals surface area (Å²) in [6, 6.07) is 11.0. The molecule has 0 heterocycles. The van der Waals surface area contributed by atoms with Crippen LogP contribution in [0, 0.1) is 0 Å². The molecule has 0 bridgehead atoms. The number of sulfone groups is 1. The maximum atomic E-state index is 12.6. The van der Waals surface area contributed by atoms with Crippen molar-refractivity contribution < 1.29 is 17.9 Å². The molecular weight excluding hydrogens is 388 g/mol. The summed E-state index contributed by atoms with van der Waals surface area (Å²) in [6.07, 6.45) is 3.32. The number of carbonyl (C=O) groups excluding carboxylic acids is 1. The summed E-state index contributed by atoms with van der Waals surface area (Å²) < 4.78 is 30.3. The van der Waals surface area contributed by atoms with Crippen molar-refractivity contribution in [3.8, 4) is 5.75 Å². The lowest BCUT2D eigenvalue weighted by Gasteiger charge is -2.12. The molecular formula is C19H23ClN2O4S. The Kier molecular flexibility index (Phi) is 6.73. The smallest absolute Gasteiger partial charge is 0.255 e. The molecule has 0 atom stereocenters. The third kappa shape index (κ3) is 4.54. The highest BCUT2D eigenvalue weighted by atomic mass is 35.5. The van der Waals surface area contributed by atoms with Crippen LogP contribution in [-0.4, -0.2) is 26.7 Å². The molecule has 27 heavy (non-hydrogen) atoms. The number of nitrogen functional groups attached to an aromatic ring is 1. The molecule has 6 nitrogen and oxygen atoms in total. The number of methoxy groups -OCH3 is 1. The Balaban J connectivity index is 0.00000261. The van der Waals surface area contributed by atoms with Crippen LogP contribution < -0.4 is 15.8 Å². The fraction of sp³-hybridized carbons (Fsp3) is 0.316. The van der Waals surface area contributed by atoms with E-state index in [0.29, 0.717) is 35.5 Å². The molecule has 1 aliphatic carbocycles. The monoisotopic (exact) mass is 410 g/mol. The Morgan fingerprint density at radius 2 is 1.74 bits per heavy atom. The first kappa shape index (κ1) is 21.1. The van der Waals surface area contributed by atoms with E-state index in [1.807, 2.05) is 0 Å². The molecule has 0 radical (unpaired) electrons. The minimum Gasteiger partial charge on any atom is -0.497 e. The topological polar surface area (TPSA) is 98.5 Å². The summed E-state index contributed by atoms with van der Waals surface area (Å²) in [5, 5.41) is 2.41. The lowest BCUT2D eigenvalue weighted by molar-refractivity contribution is 0.102. The van der Waals surface area contributed by atoms with Crippen LogP contribution in [0.3, 0.4) is 0 Å². The lowest BCUT2D eigenvalue weighted by Crippen LogP contribution is -2.18.